The molecule has 1 unspecified atom stereocenters. The molecule has 5 heteroatoms. The van der Waals surface area contributed by atoms with E-state index in [2.05, 4.69) is 0 Å². The Balaban J connectivity index is 2.19. The number of aryl methyl sites for hydroxylation is 2. The van der Waals surface area contributed by atoms with Crippen LogP contribution in [0.2, 0.25) is 0 Å². The van der Waals surface area contributed by atoms with E-state index in [9.17, 15) is 17.6 Å². The van der Waals surface area contributed by atoms with Crippen LogP contribution in [0.25, 0.3) is 10.8 Å². The van der Waals surface area contributed by atoms with Crippen molar-refractivity contribution < 1.29 is 17.6 Å². The van der Waals surface area contributed by atoms with Gasteiger partial charge in [0.15, 0.2) is 0 Å². The minimum absolute atomic E-state index is 0.0813. The molecular weight excluding hydrogens is 270 g/mol. The molecule has 1 aliphatic rings. The molecule has 0 fully saturated rings. The number of hydrogen-bond acceptors (Lipinski definition) is 1. The van der Waals surface area contributed by atoms with Gasteiger partial charge in [-0.2, -0.15) is 8.78 Å². The number of nitrogens with two attached hydrogens (primary N) is 1. The summed E-state index contributed by atoms with van der Waals surface area (Å²) in [6, 6.07) is 6.52. The van der Waals surface area contributed by atoms with E-state index in [1.54, 1.807) is 18.2 Å². The normalized spacial score (nSPS) is 16.1. The molecule has 106 valence electrons. The van der Waals surface area contributed by atoms with Gasteiger partial charge in [0, 0.05) is 0 Å². The number of benzene rings is 2. The molecule has 0 spiro atoms. The average molecular weight is 283 g/mol. The van der Waals surface area contributed by atoms with E-state index in [0.29, 0.717) is 5.39 Å². The third-order valence-corrected chi connectivity index (χ3v) is 3.95. The molecule has 2 aromatic carbocycles. The van der Waals surface area contributed by atoms with Crippen molar-refractivity contribution in [1.82, 2.24) is 0 Å². The van der Waals surface area contributed by atoms with E-state index in [1.807, 2.05) is 6.07 Å². The van der Waals surface area contributed by atoms with Crippen LogP contribution in [0.15, 0.2) is 30.3 Å². The van der Waals surface area contributed by atoms with Gasteiger partial charge in [-0.15, -0.1) is 0 Å². The lowest BCUT2D eigenvalue weighted by Gasteiger charge is -2.24. The Morgan fingerprint density at radius 1 is 1.00 bits per heavy atom. The lowest BCUT2D eigenvalue weighted by atomic mass is 9.93. The minimum atomic E-state index is -4.24. The molecule has 1 nitrogen and oxygen atoms in total. The lowest BCUT2D eigenvalue weighted by molar-refractivity contribution is -0.144. The van der Waals surface area contributed by atoms with Crippen molar-refractivity contribution in [3.05, 3.63) is 47.0 Å². The minimum Gasteiger partial charge on any atom is -0.319 e. The summed E-state index contributed by atoms with van der Waals surface area (Å²) in [6.45, 7) is 0. The zero-order valence-corrected chi connectivity index (χ0v) is 10.5. The zero-order valence-electron chi connectivity index (χ0n) is 10.5. The smallest absolute Gasteiger partial charge is 0.319 e. The van der Waals surface area contributed by atoms with Gasteiger partial charge in [0.2, 0.25) is 0 Å². The van der Waals surface area contributed by atoms with Gasteiger partial charge in [-0.1, -0.05) is 30.3 Å². The molecule has 1 aliphatic carbocycles. The Morgan fingerprint density at radius 2 is 1.65 bits per heavy atom. The molecule has 0 aliphatic heterocycles. The van der Waals surface area contributed by atoms with Crippen LogP contribution in [0.5, 0.6) is 0 Å². The standard InChI is InChI=1S/C15H13F4N/c16-14(17)15(18,19)13(20)11-7-6-9-5-4-8-2-1-3-10(11)12(8)9/h1-3,6-7,13-14H,4-5,20H2. The SMILES string of the molecule is NC(c1ccc2c3c(cccc13)CC2)C(F)(F)C(F)F. The first-order chi connectivity index (χ1) is 9.43. The maximum atomic E-state index is 13.5. The summed E-state index contributed by atoms with van der Waals surface area (Å²) in [5.41, 5.74) is 7.64. The van der Waals surface area contributed by atoms with Crippen molar-refractivity contribution in [1.29, 1.82) is 0 Å². The van der Waals surface area contributed by atoms with Gasteiger partial charge in [0.05, 0.1) is 0 Å². The molecule has 3 rings (SSSR count). The van der Waals surface area contributed by atoms with E-state index < -0.39 is 18.4 Å². The summed E-state index contributed by atoms with van der Waals surface area (Å²) < 4.78 is 52.0. The van der Waals surface area contributed by atoms with Crippen molar-refractivity contribution in [2.24, 2.45) is 5.73 Å². The fourth-order valence-electron chi connectivity index (χ4n) is 2.88. The van der Waals surface area contributed by atoms with Crippen molar-refractivity contribution in [2.45, 2.75) is 31.2 Å². The summed E-state index contributed by atoms with van der Waals surface area (Å²) in [7, 11) is 0. The third kappa shape index (κ3) is 1.80. The van der Waals surface area contributed by atoms with E-state index >= 15 is 0 Å². The predicted octanol–water partition coefficient (Wildman–Crippen LogP) is 3.84. The number of alkyl halides is 4. The first-order valence-electron chi connectivity index (χ1n) is 6.38. The van der Waals surface area contributed by atoms with Gasteiger partial charge in [-0.3, -0.25) is 0 Å². The molecular formula is C15H13F4N. The Bertz CT molecular complexity index is 656. The molecule has 0 saturated carbocycles. The summed E-state index contributed by atoms with van der Waals surface area (Å²) in [5, 5.41) is 1.45. The maximum absolute atomic E-state index is 13.5. The molecule has 20 heavy (non-hydrogen) atoms. The fraction of sp³-hybridized carbons (Fsp3) is 0.333. The van der Waals surface area contributed by atoms with Gasteiger partial charge in [0.25, 0.3) is 0 Å². The summed E-state index contributed by atoms with van der Waals surface area (Å²) in [6.07, 6.45) is -2.09. The first-order valence-corrected chi connectivity index (χ1v) is 6.38. The van der Waals surface area contributed by atoms with Crippen molar-refractivity contribution in [2.75, 3.05) is 0 Å². The van der Waals surface area contributed by atoms with E-state index in [4.69, 9.17) is 5.73 Å². The molecule has 0 saturated heterocycles. The van der Waals surface area contributed by atoms with Gasteiger partial charge >= 0.3 is 12.3 Å². The van der Waals surface area contributed by atoms with Crippen molar-refractivity contribution in [3.63, 3.8) is 0 Å². The monoisotopic (exact) mass is 283 g/mol. The Kier molecular flexibility index (Phi) is 2.97. The first kappa shape index (κ1) is 13.4. The highest BCUT2D eigenvalue weighted by Crippen LogP contribution is 2.40. The highest BCUT2D eigenvalue weighted by Gasteiger charge is 2.48. The predicted molar refractivity (Wildman–Crippen MR) is 69.2 cm³/mol. The molecule has 0 amide bonds. The van der Waals surface area contributed by atoms with Crippen molar-refractivity contribution in [3.8, 4) is 0 Å². The van der Waals surface area contributed by atoms with Gasteiger partial charge < -0.3 is 5.73 Å². The van der Waals surface area contributed by atoms with Crippen LogP contribution in [0.4, 0.5) is 17.6 Å². The van der Waals surface area contributed by atoms with Crippen LogP contribution in [0.3, 0.4) is 0 Å². The maximum Gasteiger partial charge on any atom is 0.326 e. The Morgan fingerprint density at radius 3 is 2.30 bits per heavy atom. The van der Waals surface area contributed by atoms with E-state index in [1.165, 1.54) is 6.07 Å². The topological polar surface area (TPSA) is 26.0 Å². The molecule has 1 atom stereocenters. The second-order valence-electron chi connectivity index (χ2n) is 5.11. The van der Waals surface area contributed by atoms with E-state index in [-0.39, 0.29) is 5.56 Å². The molecule has 2 N–H and O–H groups in total. The third-order valence-electron chi connectivity index (χ3n) is 3.95. The van der Waals surface area contributed by atoms with Crippen LogP contribution in [-0.2, 0) is 12.8 Å². The molecule has 0 aromatic heterocycles. The highest BCUT2D eigenvalue weighted by molar-refractivity contribution is 5.93. The molecule has 0 heterocycles. The lowest BCUT2D eigenvalue weighted by Crippen LogP contribution is -2.39. The van der Waals surface area contributed by atoms with Crippen molar-refractivity contribution >= 4 is 10.8 Å². The van der Waals surface area contributed by atoms with Crippen LogP contribution >= 0.6 is 0 Å². The number of rotatable bonds is 3. The fourth-order valence-corrected chi connectivity index (χ4v) is 2.88. The molecule has 0 radical (unpaired) electrons. The van der Waals surface area contributed by atoms with Crippen LogP contribution < -0.4 is 5.73 Å². The molecule has 0 bridgehead atoms. The quantitative estimate of drug-likeness (QED) is 0.851. The Labute approximate surface area is 113 Å². The average Bonchev–Trinajstić information content (AvgIpc) is 2.84. The largest absolute Gasteiger partial charge is 0.326 e. The van der Waals surface area contributed by atoms with Gasteiger partial charge in [0.1, 0.15) is 6.04 Å². The summed E-state index contributed by atoms with van der Waals surface area (Å²) >= 11 is 0. The van der Waals surface area contributed by atoms with E-state index in [0.717, 1.165) is 29.4 Å². The number of halogens is 4. The zero-order chi connectivity index (χ0) is 14.5. The van der Waals surface area contributed by atoms with Crippen LogP contribution in [-0.4, -0.2) is 12.3 Å². The molecule has 2 aromatic rings. The van der Waals surface area contributed by atoms with Crippen LogP contribution in [0, 0.1) is 0 Å². The second kappa shape index (κ2) is 4.45. The Hall–Kier alpha value is -1.62. The second-order valence-corrected chi connectivity index (χ2v) is 5.11. The highest BCUT2D eigenvalue weighted by atomic mass is 19.3. The van der Waals surface area contributed by atoms with Crippen LogP contribution in [0.1, 0.15) is 22.7 Å². The van der Waals surface area contributed by atoms with Gasteiger partial charge in [-0.25, -0.2) is 8.78 Å². The summed E-state index contributed by atoms with van der Waals surface area (Å²) in [5.74, 6) is -4.24. The summed E-state index contributed by atoms with van der Waals surface area (Å²) in [4.78, 5) is 0. The van der Waals surface area contributed by atoms with Gasteiger partial charge in [-0.05, 0) is 40.3 Å². The number of hydrogen-bond donors (Lipinski definition) is 1.